The molecule has 0 N–H and O–H groups in total. The number of pyridine rings is 1. The van der Waals surface area contributed by atoms with Crippen LogP contribution in [0.3, 0.4) is 0 Å². The van der Waals surface area contributed by atoms with Crippen LogP contribution >= 0.6 is 0 Å². The highest BCUT2D eigenvalue weighted by Crippen LogP contribution is 2.52. The third kappa shape index (κ3) is 8.86. The van der Waals surface area contributed by atoms with Crippen LogP contribution in [-0.4, -0.2) is 16.2 Å². The third-order valence-electron chi connectivity index (χ3n) is 14.3. The summed E-state index contributed by atoms with van der Waals surface area (Å²) in [6, 6.07) is 44.1. The first-order valence-electron chi connectivity index (χ1n) is 25.1. The van der Waals surface area contributed by atoms with Gasteiger partial charge in [-0.05, 0) is 110 Å². The van der Waals surface area contributed by atoms with Crippen molar-refractivity contribution >= 4 is 44.6 Å². The Bertz CT molecular complexity index is 3640. The van der Waals surface area contributed by atoms with Crippen molar-refractivity contribution in [1.82, 2.24) is 9.55 Å². The van der Waals surface area contributed by atoms with E-state index in [1.807, 2.05) is 86.5 Å². The van der Waals surface area contributed by atoms with Crippen molar-refractivity contribution in [2.24, 2.45) is 0 Å². The van der Waals surface area contributed by atoms with Gasteiger partial charge in [0.05, 0.1) is 33.7 Å². The van der Waals surface area contributed by atoms with Gasteiger partial charge in [0.2, 0.25) is 5.82 Å². The summed E-state index contributed by atoms with van der Waals surface area (Å²) in [6.07, 6.45) is 1.86. The zero-order chi connectivity index (χ0) is 53.0. The van der Waals surface area contributed by atoms with Crippen LogP contribution < -0.4 is 14.5 Å². The summed E-state index contributed by atoms with van der Waals surface area (Å²) in [7, 11) is 0. The smallest absolute Gasteiger partial charge is 0.200 e. The molecule has 0 unspecified atom stereocenters. The van der Waals surface area contributed by atoms with Gasteiger partial charge in [-0.25, -0.2) is 26.9 Å². The number of halogens is 5. The first-order chi connectivity index (χ1) is 34.8. The minimum absolute atomic E-state index is 0.101. The van der Waals surface area contributed by atoms with Crippen LogP contribution in [0.2, 0.25) is 0 Å². The molecular formula is C64H61F5N4O. The number of hydrogen-bond donors (Lipinski definition) is 0. The van der Waals surface area contributed by atoms with Crippen LogP contribution in [0.4, 0.5) is 44.7 Å². The lowest BCUT2D eigenvalue weighted by Crippen LogP contribution is -2.27. The number of anilines is 4. The molecule has 0 saturated carbocycles. The van der Waals surface area contributed by atoms with Gasteiger partial charge in [0.25, 0.3) is 0 Å². The fourth-order valence-corrected chi connectivity index (χ4v) is 10.1. The maximum atomic E-state index is 16.0. The summed E-state index contributed by atoms with van der Waals surface area (Å²) in [5, 5.41) is 2.14. The lowest BCUT2D eigenvalue weighted by molar-refractivity contribution is 0.381. The van der Waals surface area contributed by atoms with Crippen molar-refractivity contribution in [3.05, 3.63) is 191 Å². The highest BCUT2D eigenvalue weighted by Gasteiger charge is 2.37. The minimum Gasteiger partial charge on any atom is -0.457 e. The molecule has 0 radical (unpaired) electrons. The average Bonchev–Trinajstić information content (AvgIpc) is 3.90. The van der Waals surface area contributed by atoms with E-state index in [2.05, 4.69) is 139 Å². The van der Waals surface area contributed by atoms with Crippen molar-refractivity contribution in [3.63, 3.8) is 0 Å². The Balaban J connectivity index is 1.17. The minimum atomic E-state index is -2.21. The molecule has 10 heteroatoms. The predicted octanol–water partition coefficient (Wildman–Crippen LogP) is 18.4. The second kappa shape index (κ2) is 17.9. The fourth-order valence-electron chi connectivity index (χ4n) is 10.1. The maximum Gasteiger partial charge on any atom is 0.200 e. The number of fused-ring (bicyclic) bond motifs is 4. The largest absolute Gasteiger partial charge is 0.457 e. The molecule has 5 nitrogen and oxygen atoms in total. The molecule has 0 spiro atoms. The zero-order valence-corrected chi connectivity index (χ0v) is 44.1. The second-order valence-electron chi connectivity index (χ2n) is 23.7. The molecule has 378 valence electrons. The van der Waals surface area contributed by atoms with E-state index in [1.165, 1.54) is 17.2 Å². The second-order valence-corrected chi connectivity index (χ2v) is 23.7. The lowest BCUT2D eigenvalue weighted by Gasteiger charge is -2.32. The highest BCUT2D eigenvalue weighted by molar-refractivity contribution is 6.09. The van der Waals surface area contributed by atoms with Gasteiger partial charge in [-0.2, -0.15) is 0 Å². The lowest BCUT2D eigenvalue weighted by atomic mass is 9.79. The van der Waals surface area contributed by atoms with E-state index < -0.39 is 40.1 Å². The zero-order valence-electron chi connectivity index (χ0n) is 44.1. The van der Waals surface area contributed by atoms with E-state index in [-0.39, 0.29) is 28.5 Å². The summed E-state index contributed by atoms with van der Waals surface area (Å²) in [4.78, 5) is 8.90. The standard InChI is InChI=1S/C64H61F5N4O/c1-61(2,3)39-26-27-70-53(33-39)73-49-21-14-13-18-45(49)46-25-24-43(35-52(46)73)74-44-31-38(37-28-40(62(4,5)6)32-41(29-37)63(7,8)9)30-42(34-44)71-36-72(51-23-16-15-22-50(51)71)60-47(19-17-20-48(60)64(10,11)12)54-55(65)57(67)59(69)58(68)56(54)66/h13-35H,36H2,1-12H3. The van der Waals surface area contributed by atoms with Gasteiger partial charge in [-0.3, -0.25) is 4.57 Å². The quantitative estimate of drug-likeness (QED) is 0.0905. The SMILES string of the molecule is CC(C)(C)c1cc(-c2cc(Oc3ccc4c5ccccc5n(-c5cc(C(C)(C)C)ccn5)c4c3)cc(N3CN(c4c(-c5c(F)c(F)c(F)c(F)c5F)cccc4C(C)(C)C)c4ccccc43)c2)cc(C(C)(C)C)c1. The van der Waals surface area contributed by atoms with Crippen molar-refractivity contribution in [2.45, 2.75) is 105 Å². The van der Waals surface area contributed by atoms with Gasteiger partial charge < -0.3 is 14.5 Å². The molecular weight excluding hydrogens is 936 g/mol. The topological polar surface area (TPSA) is 33.5 Å². The summed E-state index contributed by atoms with van der Waals surface area (Å²) in [6.45, 7) is 25.8. The molecule has 0 atom stereocenters. The highest BCUT2D eigenvalue weighted by atomic mass is 19.2. The molecule has 1 aliphatic heterocycles. The number of para-hydroxylation sites is 4. The van der Waals surface area contributed by atoms with Gasteiger partial charge in [0.15, 0.2) is 23.3 Å². The van der Waals surface area contributed by atoms with E-state index in [1.54, 1.807) is 6.07 Å². The van der Waals surface area contributed by atoms with E-state index in [9.17, 15) is 4.39 Å². The Morgan fingerprint density at radius 3 is 1.68 bits per heavy atom. The van der Waals surface area contributed by atoms with Gasteiger partial charge in [-0.15, -0.1) is 0 Å². The van der Waals surface area contributed by atoms with Gasteiger partial charge in [-0.1, -0.05) is 150 Å². The van der Waals surface area contributed by atoms with Gasteiger partial charge in [0, 0.05) is 40.4 Å². The molecule has 0 amide bonds. The molecule has 2 aromatic heterocycles. The Labute approximate surface area is 430 Å². The number of nitrogens with zero attached hydrogens (tertiary/aromatic N) is 4. The Hall–Kier alpha value is -7.46. The first-order valence-corrected chi connectivity index (χ1v) is 25.1. The number of ether oxygens (including phenoxy) is 1. The molecule has 10 rings (SSSR count). The van der Waals surface area contributed by atoms with Crippen LogP contribution in [0.1, 0.15) is 105 Å². The van der Waals surface area contributed by atoms with Crippen LogP contribution in [-0.2, 0) is 21.7 Å². The average molecular weight is 997 g/mol. The van der Waals surface area contributed by atoms with Crippen LogP contribution in [0, 0.1) is 29.1 Å². The van der Waals surface area contributed by atoms with Crippen LogP contribution in [0.25, 0.3) is 49.9 Å². The van der Waals surface area contributed by atoms with Crippen molar-refractivity contribution < 1.29 is 26.7 Å². The Morgan fingerprint density at radius 1 is 0.459 bits per heavy atom. The Kier molecular flexibility index (Phi) is 12.1. The monoisotopic (exact) mass is 996 g/mol. The number of benzene rings is 7. The first kappa shape index (κ1) is 50.1. The molecule has 0 bridgehead atoms. The molecule has 7 aromatic carbocycles. The van der Waals surface area contributed by atoms with Crippen LogP contribution in [0.5, 0.6) is 11.5 Å². The Morgan fingerprint density at radius 2 is 1.04 bits per heavy atom. The molecule has 9 aromatic rings. The van der Waals surface area contributed by atoms with E-state index >= 15 is 17.6 Å². The molecule has 3 heterocycles. The van der Waals surface area contributed by atoms with Crippen molar-refractivity contribution in [3.8, 4) is 39.6 Å². The predicted molar refractivity (Wildman–Crippen MR) is 293 cm³/mol. The van der Waals surface area contributed by atoms with Crippen LogP contribution in [0.15, 0.2) is 140 Å². The van der Waals surface area contributed by atoms with Gasteiger partial charge in [0.1, 0.15) is 24.0 Å². The number of rotatable bonds is 7. The van der Waals surface area contributed by atoms with E-state index in [0.29, 0.717) is 28.4 Å². The molecule has 1 aliphatic rings. The van der Waals surface area contributed by atoms with Crippen molar-refractivity contribution in [1.29, 1.82) is 0 Å². The van der Waals surface area contributed by atoms with E-state index in [4.69, 9.17) is 9.72 Å². The summed E-state index contributed by atoms with van der Waals surface area (Å²) in [5.74, 6) is -8.05. The summed E-state index contributed by atoms with van der Waals surface area (Å²) in [5.41, 5.74) is 8.28. The molecule has 0 aliphatic carbocycles. The third-order valence-corrected chi connectivity index (χ3v) is 14.3. The number of aromatic nitrogens is 2. The molecule has 74 heavy (non-hydrogen) atoms. The van der Waals surface area contributed by atoms with Crippen molar-refractivity contribution in [2.75, 3.05) is 16.5 Å². The number of hydrogen-bond acceptors (Lipinski definition) is 4. The maximum absolute atomic E-state index is 16.0. The summed E-state index contributed by atoms with van der Waals surface area (Å²) < 4.78 is 86.0. The van der Waals surface area contributed by atoms with E-state index in [0.717, 1.165) is 55.7 Å². The molecule has 0 fully saturated rings. The normalized spacial score (nSPS) is 13.4. The van der Waals surface area contributed by atoms with Gasteiger partial charge >= 0.3 is 0 Å². The summed E-state index contributed by atoms with van der Waals surface area (Å²) >= 11 is 0. The fraction of sp³-hybridized carbons (Fsp3) is 0.266. The molecule has 0 saturated heterocycles.